The maximum Gasteiger partial charge on any atom is 0.251 e. The molecule has 220 valence electrons. The molecule has 13 heteroatoms. The van der Waals surface area contributed by atoms with Crippen molar-refractivity contribution in [3.05, 3.63) is 47.3 Å². The summed E-state index contributed by atoms with van der Waals surface area (Å²) in [5.41, 5.74) is 9.89. The molecule has 2 aliphatic heterocycles. The Bertz CT molecular complexity index is 1460. The van der Waals surface area contributed by atoms with Crippen molar-refractivity contribution in [2.75, 3.05) is 31.9 Å². The van der Waals surface area contributed by atoms with Crippen LogP contribution in [0.2, 0.25) is 0 Å². The standard InChI is InChI=1S/C28H32F5N7O/c1-16-2-3-17(8-20(16)26(41)37-22-14-39(13-21(22)29)19-10-28(32,33)11-19)23-9-18(24-25(34)35-15-36-40(23)24)12-38-6-4-27(30,31)5-7-38/h2-3,8-9,15,19,21-22H,4-7,10-14H2,1H3,(H,37,41)(H2,34,35,36)/t21-,22+/m0/s1. The van der Waals surface area contributed by atoms with Crippen LogP contribution in [0.25, 0.3) is 16.8 Å². The lowest BCUT2D eigenvalue weighted by molar-refractivity contribution is -0.121. The van der Waals surface area contributed by atoms with E-state index in [1.54, 1.807) is 28.5 Å². The van der Waals surface area contributed by atoms with Gasteiger partial charge in [0.05, 0.1) is 11.7 Å². The number of nitrogen functional groups attached to an aromatic ring is 1. The van der Waals surface area contributed by atoms with Crippen LogP contribution >= 0.6 is 0 Å². The summed E-state index contributed by atoms with van der Waals surface area (Å²) in [5, 5.41) is 7.14. The van der Waals surface area contributed by atoms with E-state index in [1.165, 1.54) is 6.33 Å². The third-order valence-electron chi connectivity index (χ3n) is 8.60. The minimum absolute atomic E-state index is 0.0133. The number of piperidine rings is 1. The second-order valence-electron chi connectivity index (χ2n) is 11.6. The summed E-state index contributed by atoms with van der Waals surface area (Å²) < 4.78 is 70.5. The van der Waals surface area contributed by atoms with Crippen LogP contribution in [0.4, 0.5) is 27.8 Å². The van der Waals surface area contributed by atoms with Crippen molar-refractivity contribution in [2.45, 2.75) is 69.3 Å². The Kier molecular flexibility index (Phi) is 6.92. The summed E-state index contributed by atoms with van der Waals surface area (Å²) in [6.45, 7) is 2.85. The Balaban J connectivity index is 1.23. The van der Waals surface area contributed by atoms with Gasteiger partial charge in [0.15, 0.2) is 5.82 Å². The van der Waals surface area contributed by atoms with E-state index in [0.29, 0.717) is 34.4 Å². The Morgan fingerprint density at radius 1 is 1.10 bits per heavy atom. The van der Waals surface area contributed by atoms with Gasteiger partial charge in [-0.3, -0.25) is 14.6 Å². The highest BCUT2D eigenvalue weighted by molar-refractivity contribution is 5.97. The molecule has 3 N–H and O–H groups in total. The number of hydrogen-bond acceptors (Lipinski definition) is 6. The third-order valence-corrected chi connectivity index (χ3v) is 8.60. The van der Waals surface area contributed by atoms with Crippen LogP contribution in [0.5, 0.6) is 0 Å². The van der Waals surface area contributed by atoms with Gasteiger partial charge in [0, 0.05) is 75.6 Å². The van der Waals surface area contributed by atoms with E-state index in [9.17, 15) is 26.7 Å². The van der Waals surface area contributed by atoms with Crippen LogP contribution in [0.15, 0.2) is 30.6 Å². The number of carbonyl (C=O) groups is 1. The van der Waals surface area contributed by atoms with Crippen molar-refractivity contribution in [1.82, 2.24) is 29.7 Å². The average molecular weight is 578 g/mol. The van der Waals surface area contributed by atoms with Gasteiger partial charge in [-0.15, -0.1) is 0 Å². The molecule has 1 aromatic carbocycles. The average Bonchev–Trinajstić information content (AvgIpc) is 3.45. The first-order valence-corrected chi connectivity index (χ1v) is 13.8. The van der Waals surface area contributed by atoms with E-state index in [2.05, 4.69) is 15.4 Å². The predicted molar refractivity (Wildman–Crippen MR) is 143 cm³/mol. The van der Waals surface area contributed by atoms with Crippen molar-refractivity contribution < 1.29 is 26.7 Å². The van der Waals surface area contributed by atoms with E-state index in [0.717, 1.165) is 5.56 Å². The van der Waals surface area contributed by atoms with Gasteiger partial charge in [-0.25, -0.2) is 31.5 Å². The van der Waals surface area contributed by atoms with Gasteiger partial charge in [0.2, 0.25) is 0 Å². The van der Waals surface area contributed by atoms with Crippen LogP contribution < -0.4 is 11.1 Å². The second kappa shape index (κ2) is 10.2. The molecule has 8 nitrogen and oxygen atoms in total. The van der Waals surface area contributed by atoms with E-state index in [4.69, 9.17) is 5.73 Å². The summed E-state index contributed by atoms with van der Waals surface area (Å²) in [4.78, 5) is 21.1. The lowest BCUT2D eigenvalue weighted by Gasteiger charge is -2.40. The number of benzene rings is 1. The number of rotatable bonds is 6. The Labute approximate surface area is 233 Å². The first-order valence-electron chi connectivity index (χ1n) is 13.8. The molecule has 0 bridgehead atoms. The van der Waals surface area contributed by atoms with Gasteiger partial charge in [-0.1, -0.05) is 12.1 Å². The molecule has 0 unspecified atom stereocenters. The van der Waals surface area contributed by atoms with E-state index in [1.807, 2.05) is 17.0 Å². The van der Waals surface area contributed by atoms with Gasteiger partial charge >= 0.3 is 0 Å². The molecule has 1 saturated carbocycles. The Hall–Kier alpha value is -3.32. The van der Waals surface area contributed by atoms with E-state index >= 15 is 0 Å². The lowest BCUT2D eigenvalue weighted by atomic mass is 9.87. The first-order chi connectivity index (χ1) is 19.4. The van der Waals surface area contributed by atoms with Crippen molar-refractivity contribution in [1.29, 1.82) is 0 Å². The minimum atomic E-state index is -2.70. The molecular weight excluding hydrogens is 545 g/mol. The molecule has 3 fully saturated rings. The number of carbonyl (C=O) groups excluding carboxylic acids is 1. The number of alkyl halides is 5. The van der Waals surface area contributed by atoms with Crippen molar-refractivity contribution in [2.24, 2.45) is 0 Å². The zero-order chi connectivity index (χ0) is 29.1. The molecule has 2 atom stereocenters. The van der Waals surface area contributed by atoms with Gasteiger partial charge < -0.3 is 11.1 Å². The monoisotopic (exact) mass is 577 g/mol. The number of nitrogens with two attached hydrogens (primary N) is 1. The maximum atomic E-state index is 14.8. The second-order valence-corrected chi connectivity index (χ2v) is 11.6. The summed E-state index contributed by atoms with van der Waals surface area (Å²) >= 11 is 0. The number of nitrogens with one attached hydrogen (secondary N) is 1. The fourth-order valence-electron chi connectivity index (χ4n) is 6.14. The zero-order valence-corrected chi connectivity index (χ0v) is 22.6. The lowest BCUT2D eigenvalue weighted by Crippen LogP contribution is -2.50. The van der Waals surface area contributed by atoms with Gasteiger partial charge in [0.1, 0.15) is 18.0 Å². The number of aryl methyl sites for hydroxylation is 1. The molecule has 1 aliphatic carbocycles. The molecule has 41 heavy (non-hydrogen) atoms. The fraction of sp³-hybridized carbons (Fsp3) is 0.536. The van der Waals surface area contributed by atoms with Crippen LogP contribution in [0, 0.1) is 6.92 Å². The first kappa shape index (κ1) is 27.8. The highest BCUT2D eigenvalue weighted by Gasteiger charge is 2.50. The Morgan fingerprint density at radius 3 is 2.54 bits per heavy atom. The SMILES string of the molecule is Cc1ccc(-c2cc(CN3CCC(F)(F)CC3)c3c(N)ncnn23)cc1C(=O)N[C@@H]1CN(C2CC(F)(F)C2)C[C@@H]1F. The van der Waals surface area contributed by atoms with Crippen LogP contribution in [-0.4, -0.2) is 86.6 Å². The number of likely N-dealkylation sites (tertiary alicyclic amines) is 2. The van der Waals surface area contributed by atoms with Crippen molar-refractivity contribution in [3.63, 3.8) is 0 Å². The number of halogens is 5. The number of hydrogen-bond donors (Lipinski definition) is 2. The largest absolute Gasteiger partial charge is 0.382 e. The van der Waals surface area contributed by atoms with Crippen molar-refractivity contribution >= 4 is 17.2 Å². The normalized spacial score (nSPS) is 24.9. The topological polar surface area (TPSA) is 91.8 Å². The molecule has 1 amide bonds. The van der Waals surface area contributed by atoms with Crippen molar-refractivity contribution in [3.8, 4) is 11.3 Å². The molecular formula is C28H32F5N7O. The summed E-state index contributed by atoms with van der Waals surface area (Å²) in [6, 6.07) is 6.02. The molecule has 3 aromatic rings. The van der Waals surface area contributed by atoms with Crippen LogP contribution in [0.1, 0.15) is 47.2 Å². The number of aromatic nitrogens is 3. The summed E-state index contributed by atoms with van der Waals surface area (Å²) in [5.74, 6) is -5.56. The summed E-state index contributed by atoms with van der Waals surface area (Å²) in [7, 11) is 0. The molecule has 0 radical (unpaired) electrons. The molecule has 6 rings (SSSR count). The quantitative estimate of drug-likeness (QED) is 0.430. The predicted octanol–water partition coefficient (Wildman–Crippen LogP) is 4.07. The highest BCUT2D eigenvalue weighted by Crippen LogP contribution is 2.41. The minimum Gasteiger partial charge on any atom is -0.382 e. The number of nitrogens with zero attached hydrogens (tertiary/aromatic N) is 5. The molecule has 0 spiro atoms. The summed E-state index contributed by atoms with van der Waals surface area (Å²) in [6.07, 6.45) is -1.02. The molecule has 2 saturated heterocycles. The van der Waals surface area contributed by atoms with Gasteiger partial charge in [-0.2, -0.15) is 5.10 Å². The fourth-order valence-corrected chi connectivity index (χ4v) is 6.14. The van der Waals surface area contributed by atoms with Gasteiger partial charge in [-0.05, 0) is 30.2 Å². The highest BCUT2D eigenvalue weighted by atomic mass is 19.3. The maximum absolute atomic E-state index is 14.8. The zero-order valence-electron chi connectivity index (χ0n) is 22.6. The van der Waals surface area contributed by atoms with E-state index in [-0.39, 0.29) is 63.7 Å². The number of amides is 1. The molecule has 2 aromatic heterocycles. The number of anilines is 1. The smallest absolute Gasteiger partial charge is 0.251 e. The van der Waals surface area contributed by atoms with Gasteiger partial charge in [0.25, 0.3) is 17.8 Å². The Morgan fingerprint density at radius 2 is 1.83 bits per heavy atom. The molecule has 4 heterocycles. The van der Waals surface area contributed by atoms with E-state index < -0.39 is 30.0 Å². The van der Waals surface area contributed by atoms with Crippen LogP contribution in [-0.2, 0) is 6.54 Å². The molecule has 3 aliphatic rings. The third kappa shape index (κ3) is 5.49. The number of fused-ring (bicyclic) bond motifs is 1. The van der Waals surface area contributed by atoms with Crippen LogP contribution in [0.3, 0.4) is 0 Å².